The van der Waals surface area contributed by atoms with E-state index >= 15 is 0 Å². The van der Waals surface area contributed by atoms with E-state index in [0.717, 1.165) is 17.3 Å². The molecule has 0 aliphatic carbocycles. The number of hydrogen-bond donors (Lipinski definition) is 1. The van der Waals surface area contributed by atoms with Crippen molar-refractivity contribution < 1.29 is 9.53 Å². The number of ether oxygens (including phenoxy) is 1. The number of rotatable bonds is 13. The standard InChI is InChI=1S/C19H30BrNO2/c20-15-11-6-4-2-1-3-5-7-12-16-21-19(22)23-17-18-13-9-8-10-14-18/h8-10,13-14H,1-7,11-12,15-17H2,(H,21,22). The van der Waals surface area contributed by atoms with Gasteiger partial charge in [-0.1, -0.05) is 91.2 Å². The molecule has 1 aromatic carbocycles. The highest BCUT2D eigenvalue weighted by Crippen LogP contribution is 2.10. The third kappa shape index (κ3) is 12.1. The highest BCUT2D eigenvalue weighted by molar-refractivity contribution is 9.09. The fourth-order valence-corrected chi connectivity index (χ4v) is 2.82. The summed E-state index contributed by atoms with van der Waals surface area (Å²) in [5.41, 5.74) is 1.01. The number of alkyl halides is 1. The van der Waals surface area contributed by atoms with Crippen molar-refractivity contribution >= 4 is 22.0 Å². The Morgan fingerprint density at radius 2 is 1.43 bits per heavy atom. The molecule has 0 fully saturated rings. The minimum atomic E-state index is -0.319. The molecule has 0 unspecified atom stereocenters. The van der Waals surface area contributed by atoms with Gasteiger partial charge >= 0.3 is 6.09 Å². The van der Waals surface area contributed by atoms with Gasteiger partial charge in [0.05, 0.1) is 0 Å². The summed E-state index contributed by atoms with van der Waals surface area (Å²) in [5, 5.41) is 3.95. The summed E-state index contributed by atoms with van der Waals surface area (Å²) in [4.78, 5) is 11.5. The van der Waals surface area contributed by atoms with Crippen LogP contribution in [0.3, 0.4) is 0 Å². The van der Waals surface area contributed by atoms with Crippen molar-refractivity contribution in [2.75, 3.05) is 11.9 Å². The van der Waals surface area contributed by atoms with E-state index in [2.05, 4.69) is 21.2 Å². The molecule has 0 saturated heterocycles. The molecule has 0 aliphatic rings. The number of halogens is 1. The lowest BCUT2D eigenvalue weighted by Gasteiger charge is -2.07. The van der Waals surface area contributed by atoms with Gasteiger partial charge in [0.15, 0.2) is 0 Å². The molecule has 3 nitrogen and oxygen atoms in total. The lowest BCUT2D eigenvalue weighted by Crippen LogP contribution is -2.25. The summed E-state index contributed by atoms with van der Waals surface area (Å²) in [6.07, 6.45) is 11.2. The zero-order chi connectivity index (χ0) is 16.6. The first kappa shape index (κ1) is 20.0. The summed E-state index contributed by atoms with van der Waals surface area (Å²) in [6.45, 7) is 1.04. The summed E-state index contributed by atoms with van der Waals surface area (Å²) in [6, 6.07) is 9.74. The molecule has 130 valence electrons. The molecule has 1 amide bonds. The fraction of sp³-hybridized carbons (Fsp3) is 0.632. The van der Waals surface area contributed by atoms with Gasteiger partial charge in [0.25, 0.3) is 0 Å². The number of alkyl carbamates (subject to hydrolysis) is 1. The van der Waals surface area contributed by atoms with Crippen LogP contribution in [0, 0.1) is 0 Å². The zero-order valence-electron chi connectivity index (χ0n) is 14.1. The van der Waals surface area contributed by atoms with Gasteiger partial charge in [-0.25, -0.2) is 4.79 Å². The largest absolute Gasteiger partial charge is 0.445 e. The molecular formula is C19H30BrNO2. The Morgan fingerprint density at radius 3 is 2.04 bits per heavy atom. The van der Waals surface area contributed by atoms with E-state index in [4.69, 9.17) is 4.74 Å². The van der Waals surface area contributed by atoms with Crippen molar-refractivity contribution in [2.24, 2.45) is 0 Å². The average molecular weight is 384 g/mol. The van der Waals surface area contributed by atoms with Crippen LogP contribution in [-0.2, 0) is 11.3 Å². The predicted octanol–water partition coefficient (Wildman–Crippen LogP) is 5.82. The van der Waals surface area contributed by atoms with Gasteiger partial charge < -0.3 is 10.1 Å². The summed E-state index contributed by atoms with van der Waals surface area (Å²) < 4.78 is 5.17. The quantitative estimate of drug-likeness (QED) is 0.344. The number of benzene rings is 1. The fourth-order valence-electron chi connectivity index (χ4n) is 2.42. The summed E-state index contributed by atoms with van der Waals surface area (Å²) in [5.74, 6) is 0. The molecule has 0 aliphatic heterocycles. The average Bonchev–Trinajstić information content (AvgIpc) is 2.59. The maximum Gasteiger partial charge on any atom is 0.407 e. The molecule has 0 heterocycles. The molecular weight excluding hydrogens is 354 g/mol. The summed E-state index contributed by atoms with van der Waals surface area (Å²) >= 11 is 3.46. The SMILES string of the molecule is O=C(NCCCCCCCCCCCBr)OCc1ccccc1. The molecule has 0 saturated carbocycles. The Labute approximate surface area is 149 Å². The lowest BCUT2D eigenvalue weighted by atomic mass is 10.1. The number of carbonyl (C=O) groups excluding carboxylic acids is 1. The van der Waals surface area contributed by atoms with E-state index in [1.165, 1.54) is 51.4 Å². The van der Waals surface area contributed by atoms with E-state index < -0.39 is 0 Å². The second-order valence-electron chi connectivity index (χ2n) is 5.86. The van der Waals surface area contributed by atoms with E-state index in [1.807, 2.05) is 30.3 Å². The molecule has 0 spiro atoms. The van der Waals surface area contributed by atoms with Crippen LogP contribution < -0.4 is 5.32 Å². The van der Waals surface area contributed by atoms with Gasteiger partial charge in [-0.3, -0.25) is 0 Å². The minimum absolute atomic E-state index is 0.319. The Balaban J connectivity index is 1.84. The first-order chi connectivity index (χ1) is 11.3. The normalized spacial score (nSPS) is 10.5. The van der Waals surface area contributed by atoms with Crippen molar-refractivity contribution in [2.45, 2.75) is 64.4 Å². The summed E-state index contributed by atoms with van der Waals surface area (Å²) in [7, 11) is 0. The molecule has 4 heteroatoms. The van der Waals surface area contributed by atoms with Crippen LogP contribution in [0.2, 0.25) is 0 Å². The molecule has 0 radical (unpaired) electrons. The van der Waals surface area contributed by atoms with Gasteiger partial charge in [0.1, 0.15) is 6.61 Å². The number of amides is 1. The second-order valence-corrected chi connectivity index (χ2v) is 6.65. The van der Waals surface area contributed by atoms with Crippen LogP contribution in [0.15, 0.2) is 30.3 Å². The van der Waals surface area contributed by atoms with Crippen molar-refractivity contribution in [1.29, 1.82) is 0 Å². The Kier molecular flexibility index (Phi) is 12.7. The third-order valence-corrected chi connectivity index (χ3v) is 4.35. The smallest absolute Gasteiger partial charge is 0.407 e. The highest BCUT2D eigenvalue weighted by Gasteiger charge is 2.01. The first-order valence-corrected chi connectivity index (χ1v) is 9.95. The third-order valence-electron chi connectivity index (χ3n) is 3.79. The number of hydrogen-bond acceptors (Lipinski definition) is 2. The molecule has 0 atom stereocenters. The minimum Gasteiger partial charge on any atom is -0.445 e. The van der Waals surface area contributed by atoms with Gasteiger partial charge in [-0.15, -0.1) is 0 Å². The Hall–Kier alpha value is -1.03. The van der Waals surface area contributed by atoms with Crippen LogP contribution in [-0.4, -0.2) is 18.0 Å². The molecule has 1 rings (SSSR count). The molecule has 23 heavy (non-hydrogen) atoms. The second kappa shape index (κ2) is 14.6. The maximum absolute atomic E-state index is 11.5. The predicted molar refractivity (Wildman–Crippen MR) is 100.0 cm³/mol. The van der Waals surface area contributed by atoms with Crippen LogP contribution in [0.1, 0.15) is 63.4 Å². The van der Waals surface area contributed by atoms with Crippen LogP contribution in [0.5, 0.6) is 0 Å². The number of carbonyl (C=O) groups is 1. The zero-order valence-corrected chi connectivity index (χ0v) is 15.7. The Bertz CT molecular complexity index is 398. The molecule has 1 aromatic rings. The van der Waals surface area contributed by atoms with E-state index in [9.17, 15) is 4.79 Å². The lowest BCUT2D eigenvalue weighted by molar-refractivity contribution is 0.139. The Morgan fingerprint density at radius 1 is 0.870 bits per heavy atom. The maximum atomic E-state index is 11.5. The van der Waals surface area contributed by atoms with Gasteiger partial charge in [-0.2, -0.15) is 0 Å². The first-order valence-electron chi connectivity index (χ1n) is 8.83. The van der Waals surface area contributed by atoms with E-state index in [0.29, 0.717) is 13.2 Å². The van der Waals surface area contributed by atoms with Crippen molar-refractivity contribution in [3.8, 4) is 0 Å². The van der Waals surface area contributed by atoms with Crippen LogP contribution in [0.25, 0.3) is 0 Å². The molecule has 1 N–H and O–H groups in total. The van der Waals surface area contributed by atoms with Crippen molar-refractivity contribution in [3.63, 3.8) is 0 Å². The molecule has 0 aromatic heterocycles. The number of nitrogens with one attached hydrogen (secondary N) is 1. The van der Waals surface area contributed by atoms with Crippen LogP contribution >= 0.6 is 15.9 Å². The van der Waals surface area contributed by atoms with Crippen molar-refractivity contribution in [1.82, 2.24) is 5.32 Å². The van der Waals surface area contributed by atoms with E-state index in [1.54, 1.807) is 0 Å². The van der Waals surface area contributed by atoms with Crippen molar-refractivity contribution in [3.05, 3.63) is 35.9 Å². The highest BCUT2D eigenvalue weighted by atomic mass is 79.9. The van der Waals surface area contributed by atoms with Gasteiger partial charge in [0, 0.05) is 11.9 Å². The number of unbranched alkanes of at least 4 members (excludes halogenated alkanes) is 8. The topological polar surface area (TPSA) is 38.3 Å². The van der Waals surface area contributed by atoms with Crippen LogP contribution in [0.4, 0.5) is 4.79 Å². The van der Waals surface area contributed by atoms with E-state index in [-0.39, 0.29) is 6.09 Å². The van der Waals surface area contributed by atoms with Gasteiger partial charge in [-0.05, 0) is 18.4 Å². The van der Waals surface area contributed by atoms with Gasteiger partial charge in [0.2, 0.25) is 0 Å². The molecule has 0 bridgehead atoms. The monoisotopic (exact) mass is 383 g/mol.